The molecule has 3 heterocycles. The van der Waals surface area contributed by atoms with Gasteiger partial charge < -0.3 is 10.3 Å². The lowest BCUT2D eigenvalue weighted by atomic mass is 10.1. The second kappa shape index (κ2) is 5.17. The van der Waals surface area contributed by atoms with E-state index >= 15 is 0 Å². The highest BCUT2D eigenvalue weighted by atomic mass is 16.5. The zero-order valence-electron chi connectivity index (χ0n) is 10.9. The van der Waals surface area contributed by atoms with Crippen LogP contribution in [0, 0.1) is 6.92 Å². The van der Waals surface area contributed by atoms with Crippen molar-refractivity contribution in [2.24, 2.45) is 5.73 Å². The number of aromatic nitrogens is 6. The van der Waals surface area contributed by atoms with Gasteiger partial charge in [0.25, 0.3) is 0 Å². The van der Waals surface area contributed by atoms with Crippen molar-refractivity contribution in [3.8, 4) is 11.4 Å². The minimum atomic E-state index is 0.352. The maximum atomic E-state index is 5.48. The summed E-state index contributed by atoms with van der Waals surface area (Å²) in [6.07, 6.45) is 5.21. The molecule has 0 bridgehead atoms. The Labute approximate surface area is 114 Å². The van der Waals surface area contributed by atoms with E-state index in [-0.39, 0.29) is 0 Å². The Bertz CT molecular complexity index is 718. The van der Waals surface area contributed by atoms with E-state index in [2.05, 4.69) is 25.4 Å². The normalized spacial score (nSPS) is 10.9. The van der Waals surface area contributed by atoms with Gasteiger partial charge in [-0.25, -0.2) is 4.68 Å². The molecule has 0 amide bonds. The van der Waals surface area contributed by atoms with Gasteiger partial charge in [-0.1, -0.05) is 10.4 Å². The second-order valence-electron chi connectivity index (χ2n) is 4.31. The lowest BCUT2D eigenvalue weighted by Gasteiger charge is -1.97. The van der Waals surface area contributed by atoms with E-state index in [1.165, 1.54) is 0 Å². The molecule has 0 atom stereocenters. The van der Waals surface area contributed by atoms with Crippen molar-refractivity contribution in [3.63, 3.8) is 0 Å². The van der Waals surface area contributed by atoms with Crippen molar-refractivity contribution in [1.29, 1.82) is 0 Å². The van der Waals surface area contributed by atoms with Gasteiger partial charge in [0.2, 0.25) is 11.7 Å². The molecular weight excluding hydrogens is 258 g/mol. The third-order valence-electron chi connectivity index (χ3n) is 2.82. The molecule has 0 aromatic carbocycles. The first kappa shape index (κ1) is 12.4. The van der Waals surface area contributed by atoms with E-state index in [1.54, 1.807) is 23.3 Å². The highest BCUT2D eigenvalue weighted by Crippen LogP contribution is 2.18. The van der Waals surface area contributed by atoms with Crippen LogP contribution in [0.5, 0.6) is 0 Å². The topological polar surface area (TPSA) is 109 Å². The standard InChI is InChI=1S/C12H13N7O/c1-8-5-14-3-2-10(8)12-15-11(20-17-12)7-19-6-9(4-13)16-18-19/h2-3,5-6H,4,7,13H2,1H3. The Balaban J connectivity index is 1.82. The molecule has 0 aliphatic carbocycles. The Morgan fingerprint density at radius 3 is 3.05 bits per heavy atom. The van der Waals surface area contributed by atoms with Crippen molar-refractivity contribution >= 4 is 0 Å². The summed E-state index contributed by atoms with van der Waals surface area (Å²) in [5.74, 6) is 1.00. The predicted molar refractivity (Wildman–Crippen MR) is 69.3 cm³/mol. The average molecular weight is 271 g/mol. The van der Waals surface area contributed by atoms with Crippen molar-refractivity contribution in [1.82, 2.24) is 30.1 Å². The van der Waals surface area contributed by atoms with Crippen LogP contribution in [-0.4, -0.2) is 30.1 Å². The van der Waals surface area contributed by atoms with Crippen LogP contribution in [-0.2, 0) is 13.1 Å². The Morgan fingerprint density at radius 2 is 2.30 bits per heavy atom. The molecule has 8 heteroatoms. The maximum Gasteiger partial charge on any atom is 0.248 e. The third kappa shape index (κ3) is 2.41. The van der Waals surface area contributed by atoms with Gasteiger partial charge in [-0.15, -0.1) is 5.10 Å². The van der Waals surface area contributed by atoms with Gasteiger partial charge in [0.05, 0.1) is 11.9 Å². The summed E-state index contributed by atoms with van der Waals surface area (Å²) < 4.78 is 6.83. The molecule has 8 nitrogen and oxygen atoms in total. The first-order chi connectivity index (χ1) is 9.76. The second-order valence-corrected chi connectivity index (χ2v) is 4.31. The summed E-state index contributed by atoms with van der Waals surface area (Å²) >= 11 is 0. The first-order valence-electron chi connectivity index (χ1n) is 6.09. The smallest absolute Gasteiger partial charge is 0.248 e. The van der Waals surface area contributed by atoms with Crippen molar-refractivity contribution in [3.05, 3.63) is 41.8 Å². The molecule has 3 rings (SSSR count). The molecule has 3 aromatic heterocycles. The van der Waals surface area contributed by atoms with E-state index in [4.69, 9.17) is 10.3 Å². The molecule has 2 N–H and O–H groups in total. The number of nitrogens with two attached hydrogens (primary N) is 1. The molecule has 0 aliphatic rings. The number of rotatable bonds is 4. The molecule has 102 valence electrons. The quantitative estimate of drug-likeness (QED) is 0.737. The van der Waals surface area contributed by atoms with E-state index < -0.39 is 0 Å². The van der Waals surface area contributed by atoms with Crippen LogP contribution in [0.25, 0.3) is 11.4 Å². The van der Waals surface area contributed by atoms with Gasteiger partial charge >= 0.3 is 0 Å². The molecular formula is C12H13N7O. The minimum absolute atomic E-state index is 0.352. The Kier molecular flexibility index (Phi) is 3.21. The lowest BCUT2D eigenvalue weighted by Crippen LogP contribution is -2.01. The monoisotopic (exact) mass is 271 g/mol. The van der Waals surface area contributed by atoms with Gasteiger partial charge in [-0.2, -0.15) is 4.98 Å². The molecule has 3 aromatic rings. The fraction of sp³-hybridized carbons (Fsp3) is 0.250. The van der Waals surface area contributed by atoms with E-state index in [0.29, 0.717) is 24.8 Å². The number of hydrogen-bond donors (Lipinski definition) is 1. The molecule has 0 aliphatic heterocycles. The summed E-state index contributed by atoms with van der Waals surface area (Å²) in [4.78, 5) is 8.38. The molecule has 20 heavy (non-hydrogen) atoms. The Hall–Kier alpha value is -2.61. The largest absolute Gasteiger partial charge is 0.337 e. The number of nitrogens with zero attached hydrogens (tertiary/aromatic N) is 6. The molecule has 0 saturated heterocycles. The van der Waals surface area contributed by atoms with Crippen LogP contribution >= 0.6 is 0 Å². The van der Waals surface area contributed by atoms with Crippen LogP contribution in [0.4, 0.5) is 0 Å². The van der Waals surface area contributed by atoms with Crippen molar-refractivity contribution in [2.45, 2.75) is 20.0 Å². The van der Waals surface area contributed by atoms with Crippen LogP contribution in [0.2, 0.25) is 0 Å². The van der Waals surface area contributed by atoms with Crippen LogP contribution in [0.15, 0.2) is 29.2 Å². The molecule has 0 spiro atoms. The van der Waals surface area contributed by atoms with Crippen molar-refractivity contribution in [2.75, 3.05) is 0 Å². The summed E-state index contributed by atoms with van der Waals surface area (Å²) in [5.41, 5.74) is 8.09. The fourth-order valence-electron chi connectivity index (χ4n) is 1.80. The highest BCUT2D eigenvalue weighted by Gasteiger charge is 2.11. The van der Waals surface area contributed by atoms with Crippen LogP contribution in [0.1, 0.15) is 17.1 Å². The molecule has 0 radical (unpaired) electrons. The van der Waals surface area contributed by atoms with Gasteiger partial charge in [-0.05, 0) is 18.6 Å². The number of aryl methyl sites for hydroxylation is 1. The number of hydrogen-bond acceptors (Lipinski definition) is 7. The summed E-state index contributed by atoms with van der Waals surface area (Å²) in [5, 5.41) is 11.8. The summed E-state index contributed by atoms with van der Waals surface area (Å²) in [6, 6.07) is 1.85. The van der Waals surface area contributed by atoms with Gasteiger partial charge in [0.15, 0.2) is 0 Å². The molecule has 0 unspecified atom stereocenters. The van der Waals surface area contributed by atoms with E-state index in [0.717, 1.165) is 16.8 Å². The number of pyridine rings is 1. The zero-order valence-corrected chi connectivity index (χ0v) is 10.9. The van der Waals surface area contributed by atoms with Gasteiger partial charge in [0, 0.05) is 24.5 Å². The zero-order chi connectivity index (χ0) is 13.9. The first-order valence-corrected chi connectivity index (χ1v) is 6.09. The minimum Gasteiger partial charge on any atom is -0.337 e. The lowest BCUT2D eigenvalue weighted by molar-refractivity contribution is 0.364. The average Bonchev–Trinajstić information content (AvgIpc) is 3.09. The fourth-order valence-corrected chi connectivity index (χ4v) is 1.80. The summed E-state index contributed by atoms with van der Waals surface area (Å²) in [7, 11) is 0. The molecule has 0 fully saturated rings. The van der Waals surface area contributed by atoms with E-state index in [1.807, 2.05) is 13.0 Å². The van der Waals surface area contributed by atoms with Crippen LogP contribution in [0.3, 0.4) is 0 Å². The predicted octanol–water partition coefficient (Wildman–Crippen LogP) is 0.539. The maximum absolute atomic E-state index is 5.48. The highest BCUT2D eigenvalue weighted by molar-refractivity contribution is 5.57. The SMILES string of the molecule is Cc1cnccc1-c1noc(Cn2cc(CN)nn2)n1. The molecule has 0 saturated carbocycles. The van der Waals surface area contributed by atoms with Crippen LogP contribution < -0.4 is 5.73 Å². The van der Waals surface area contributed by atoms with Gasteiger partial charge in [0.1, 0.15) is 6.54 Å². The van der Waals surface area contributed by atoms with E-state index in [9.17, 15) is 0 Å². The third-order valence-corrected chi connectivity index (χ3v) is 2.82. The summed E-state index contributed by atoms with van der Waals surface area (Å²) in [6.45, 7) is 2.67. The van der Waals surface area contributed by atoms with Gasteiger partial charge in [-0.3, -0.25) is 4.98 Å². The Morgan fingerprint density at radius 1 is 1.40 bits per heavy atom. The van der Waals surface area contributed by atoms with Crippen molar-refractivity contribution < 1.29 is 4.52 Å².